The van der Waals surface area contributed by atoms with Gasteiger partial charge in [0.2, 0.25) is 0 Å². The van der Waals surface area contributed by atoms with Crippen LogP contribution in [0.15, 0.2) is 30.5 Å². The molecule has 0 aliphatic rings. The Morgan fingerprint density at radius 2 is 1.94 bits per heavy atom. The van der Waals surface area contributed by atoms with Crippen LogP contribution in [0.2, 0.25) is 0 Å². The summed E-state index contributed by atoms with van der Waals surface area (Å²) in [4.78, 5) is 4.32. The molecule has 0 spiro atoms. The summed E-state index contributed by atoms with van der Waals surface area (Å²) in [5.74, 6) is 0.371. The zero-order valence-corrected chi connectivity index (χ0v) is 18.9. The molecule has 0 saturated carbocycles. The first-order chi connectivity index (χ1) is 14.8. The van der Waals surface area contributed by atoms with E-state index in [9.17, 15) is 9.50 Å². The van der Waals surface area contributed by atoms with Crippen LogP contribution in [0.3, 0.4) is 0 Å². The van der Waals surface area contributed by atoms with Gasteiger partial charge in [-0.3, -0.25) is 0 Å². The third-order valence-corrected chi connectivity index (χ3v) is 5.69. The fraction of sp³-hybridized carbons (Fsp3) is 0.409. The summed E-state index contributed by atoms with van der Waals surface area (Å²) < 4.78 is 20.2. The predicted octanol–water partition coefficient (Wildman–Crippen LogP) is 3.88. The molecular formula is C22H28FN5O2S. The van der Waals surface area contributed by atoms with E-state index in [0.29, 0.717) is 17.0 Å². The molecule has 3 rings (SSSR count). The van der Waals surface area contributed by atoms with Crippen molar-refractivity contribution in [1.82, 2.24) is 15.2 Å². The smallest absolute Gasteiger partial charge is 0.165 e. The van der Waals surface area contributed by atoms with Gasteiger partial charge in [-0.05, 0) is 57.0 Å². The molecule has 2 aromatic heterocycles. The molecule has 0 amide bonds. The average molecular weight is 446 g/mol. The monoisotopic (exact) mass is 445 g/mol. The van der Waals surface area contributed by atoms with Crippen molar-refractivity contribution in [1.29, 1.82) is 0 Å². The number of rotatable bonds is 9. The topological polar surface area (TPSA) is 106 Å². The van der Waals surface area contributed by atoms with E-state index in [4.69, 9.17) is 10.5 Å². The van der Waals surface area contributed by atoms with Crippen LogP contribution in [0.4, 0.5) is 10.2 Å². The number of benzene rings is 1. The van der Waals surface area contributed by atoms with E-state index in [0.717, 1.165) is 22.0 Å². The minimum Gasteiger partial charge on any atom is -0.489 e. The Balaban J connectivity index is 1.87. The van der Waals surface area contributed by atoms with Gasteiger partial charge in [-0.2, -0.15) is 0 Å². The fourth-order valence-electron chi connectivity index (χ4n) is 2.91. The highest BCUT2D eigenvalue weighted by molar-refractivity contribution is 7.17. The van der Waals surface area contributed by atoms with Gasteiger partial charge in [-0.25, -0.2) is 9.37 Å². The molecule has 166 valence electrons. The lowest BCUT2D eigenvalue weighted by molar-refractivity contribution is 0.129. The van der Waals surface area contributed by atoms with E-state index < -0.39 is 18.0 Å². The molecule has 0 saturated heterocycles. The van der Waals surface area contributed by atoms with Gasteiger partial charge in [0, 0.05) is 23.4 Å². The maximum Gasteiger partial charge on any atom is 0.165 e. The van der Waals surface area contributed by atoms with E-state index in [1.54, 1.807) is 19.2 Å². The van der Waals surface area contributed by atoms with E-state index >= 15 is 0 Å². The second-order valence-corrected chi connectivity index (χ2v) is 8.63. The summed E-state index contributed by atoms with van der Waals surface area (Å²) in [6, 6.07) is 6.55. The molecule has 3 aromatic rings. The summed E-state index contributed by atoms with van der Waals surface area (Å²) in [5, 5.41) is 22.7. The molecule has 2 heterocycles. The number of halogens is 1. The Labute approximate surface area is 185 Å². The maximum absolute atomic E-state index is 14.7. The third-order valence-electron chi connectivity index (χ3n) is 4.69. The number of anilines is 1. The summed E-state index contributed by atoms with van der Waals surface area (Å²) in [7, 11) is 0. The Kier molecular flexibility index (Phi) is 7.53. The van der Waals surface area contributed by atoms with Crippen LogP contribution in [-0.2, 0) is 6.42 Å². The van der Waals surface area contributed by atoms with Crippen LogP contribution in [0, 0.1) is 5.82 Å². The standard InChI is InChI=1S/C22H28FN5O2S/c1-5-14-8-19(30-11-18(24)13(4)29)17(23)10-16(14)22-28-27-21(31-22)15-6-7-25-20(9-15)26-12(2)3/h6-10,12-13,18,29H,5,11,24H2,1-4H3,(H,25,26). The lowest BCUT2D eigenvalue weighted by Gasteiger charge is -2.17. The van der Waals surface area contributed by atoms with Crippen LogP contribution < -0.4 is 15.8 Å². The van der Waals surface area contributed by atoms with Crippen LogP contribution in [0.25, 0.3) is 21.1 Å². The SMILES string of the molecule is CCc1cc(OCC(N)C(C)O)c(F)cc1-c1nnc(-c2ccnc(NC(C)C)c2)s1. The van der Waals surface area contributed by atoms with E-state index in [-0.39, 0.29) is 18.4 Å². The Morgan fingerprint density at radius 3 is 2.61 bits per heavy atom. The minimum absolute atomic E-state index is 0.0227. The highest BCUT2D eigenvalue weighted by atomic mass is 32.1. The second kappa shape index (κ2) is 10.1. The van der Waals surface area contributed by atoms with Gasteiger partial charge in [0.1, 0.15) is 22.4 Å². The molecule has 0 fully saturated rings. The number of hydrogen-bond donors (Lipinski definition) is 3. The molecule has 1 aromatic carbocycles. The number of aryl methyl sites for hydroxylation is 1. The number of nitrogens with one attached hydrogen (secondary N) is 1. The van der Waals surface area contributed by atoms with Crippen LogP contribution >= 0.6 is 11.3 Å². The van der Waals surface area contributed by atoms with Gasteiger partial charge in [0.15, 0.2) is 11.6 Å². The number of hydrogen-bond acceptors (Lipinski definition) is 8. The number of aromatic nitrogens is 3. The van der Waals surface area contributed by atoms with Crippen molar-refractivity contribution in [3.8, 4) is 26.9 Å². The number of aliphatic hydroxyl groups is 1. The summed E-state index contributed by atoms with van der Waals surface area (Å²) in [6.45, 7) is 7.67. The van der Waals surface area contributed by atoms with Crippen molar-refractivity contribution < 1.29 is 14.2 Å². The number of pyridine rings is 1. The zero-order valence-electron chi connectivity index (χ0n) is 18.1. The average Bonchev–Trinajstić information content (AvgIpc) is 3.22. The molecule has 0 aliphatic heterocycles. The quantitative estimate of drug-likeness (QED) is 0.459. The van der Waals surface area contributed by atoms with Crippen LogP contribution in [-0.4, -0.2) is 45.1 Å². The van der Waals surface area contributed by atoms with Crippen molar-refractivity contribution >= 4 is 17.2 Å². The van der Waals surface area contributed by atoms with Gasteiger partial charge >= 0.3 is 0 Å². The Morgan fingerprint density at radius 1 is 1.19 bits per heavy atom. The summed E-state index contributed by atoms with van der Waals surface area (Å²) in [5.41, 5.74) is 8.25. The number of ether oxygens (including phenoxy) is 1. The van der Waals surface area contributed by atoms with Crippen molar-refractivity contribution in [3.63, 3.8) is 0 Å². The van der Waals surface area contributed by atoms with Gasteiger partial charge in [0.25, 0.3) is 0 Å². The predicted molar refractivity (Wildman–Crippen MR) is 122 cm³/mol. The lowest BCUT2D eigenvalue weighted by atomic mass is 10.0. The minimum atomic E-state index is -0.739. The first kappa shape index (κ1) is 23.1. The molecule has 9 heteroatoms. The highest BCUT2D eigenvalue weighted by Crippen LogP contribution is 2.35. The third kappa shape index (κ3) is 5.75. The van der Waals surface area contributed by atoms with Crippen LogP contribution in [0.1, 0.15) is 33.3 Å². The molecule has 0 radical (unpaired) electrons. The molecule has 0 bridgehead atoms. The summed E-state index contributed by atoms with van der Waals surface area (Å²) >= 11 is 1.39. The van der Waals surface area contributed by atoms with E-state index in [1.807, 2.05) is 32.9 Å². The zero-order chi connectivity index (χ0) is 22.5. The lowest BCUT2D eigenvalue weighted by Crippen LogP contribution is -2.38. The molecular weight excluding hydrogens is 417 g/mol. The number of nitrogens with zero attached hydrogens (tertiary/aromatic N) is 3. The highest BCUT2D eigenvalue weighted by Gasteiger charge is 2.18. The summed E-state index contributed by atoms with van der Waals surface area (Å²) in [6.07, 6.45) is 1.65. The van der Waals surface area contributed by atoms with Gasteiger partial charge in [-0.1, -0.05) is 18.3 Å². The van der Waals surface area contributed by atoms with Crippen molar-refractivity contribution in [2.75, 3.05) is 11.9 Å². The maximum atomic E-state index is 14.7. The van der Waals surface area contributed by atoms with Gasteiger partial charge in [-0.15, -0.1) is 10.2 Å². The molecule has 7 nitrogen and oxygen atoms in total. The van der Waals surface area contributed by atoms with Crippen molar-refractivity contribution in [2.24, 2.45) is 5.73 Å². The van der Waals surface area contributed by atoms with Crippen molar-refractivity contribution in [2.45, 2.75) is 52.3 Å². The molecule has 31 heavy (non-hydrogen) atoms. The first-order valence-corrected chi connectivity index (χ1v) is 11.1. The van der Waals surface area contributed by atoms with E-state index in [1.165, 1.54) is 17.4 Å². The normalized spacial score (nSPS) is 13.3. The molecule has 4 N–H and O–H groups in total. The Hall–Kier alpha value is -2.62. The molecule has 2 atom stereocenters. The van der Waals surface area contributed by atoms with Gasteiger partial charge < -0.3 is 20.9 Å². The molecule has 2 unspecified atom stereocenters. The first-order valence-electron chi connectivity index (χ1n) is 10.2. The van der Waals surface area contributed by atoms with Crippen LogP contribution in [0.5, 0.6) is 5.75 Å². The second-order valence-electron chi connectivity index (χ2n) is 7.65. The van der Waals surface area contributed by atoms with Gasteiger partial charge in [0.05, 0.1) is 12.1 Å². The van der Waals surface area contributed by atoms with Crippen molar-refractivity contribution in [3.05, 3.63) is 41.8 Å². The Bertz CT molecular complexity index is 1020. The number of nitrogens with two attached hydrogens (primary N) is 1. The van der Waals surface area contributed by atoms with E-state index in [2.05, 4.69) is 20.5 Å². The fourth-order valence-corrected chi connectivity index (χ4v) is 3.80. The number of aliphatic hydroxyl groups excluding tert-OH is 1. The molecule has 0 aliphatic carbocycles. The largest absolute Gasteiger partial charge is 0.489 e.